The van der Waals surface area contributed by atoms with E-state index in [4.69, 9.17) is 0 Å². The fourth-order valence-corrected chi connectivity index (χ4v) is 0.791. The van der Waals surface area contributed by atoms with Crippen LogP contribution >= 0.6 is 0 Å². The minimum Gasteiger partial charge on any atom is -0.432 e. The van der Waals surface area contributed by atoms with Crippen molar-refractivity contribution in [1.82, 2.24) is 0 Å². The van der Waals surface area contributed by atoms with Crippen molar-refractivity contribution in [1.29, 1.82) is 0 Å². The van der Waals surface area contributed by atoms with Gasteiger partial charge in [0.15, 0.2) is 0 Å². The number of hydrogen-bond acceptors (Lipinski definition) is 3. The number of nitrogens with zero attached hydrogens (tertiary/aromatic N) is 1. The van der Waals surface area contributed by atoms with E-state index in [-0.39, 0.29) is 12.5 Å². The molecule has 0 saturated heterocycles. The monoisotopic (exact) mass is 113 g/mol. The van der Waals surface area contributed by atoms with Crippen molar-refractivity contribution in [3.63, 3.8) is 0 Å². The summed E-state index contributed by atoms with van der Waals surface area (Å²) in [6, 6.07) is 0. The summed E-state index contributed by atoms with van der Waals surface area (Å²) >= 11 is 0.748. The molecule has 36 valence electrons. The van der Waals surface area contributed by atoms with Crippen molar-refractivity contribution in [2.75, 3.05) is 6.54 Å². The molecule has 0 bridgehead atoms. The third-order valence-electron chi connectivity index (χ3n) is 0.692. The molecule has 4 heteroatoms. The predicted molar refractivity (Wildman–Crippen MR) is 26.9 cm³/mol. The lowest BCUT2D eigenvalue weighted by Gasteiger charge is -1.85. The molecule has 0 spiro atoms. The van der Waals surface area contributed by atoms with E-state index in [1.54, 1.807) is 0 Å². The molecule has 1 aliphatic rings. The number of aliphatic imine (C=N–C) groups is 1. The summed E-state index contributed by atoms with van der Waals surface area (Å²) in [7, 11) is 0. The Morgan fingerprint density at radius 2 is 2.57 bits per heavy atom. The lowest BCUT2D eigenvalue weighted by molar-refractivity contribution is -0.132. The molecule has 0 fully saturated rings. The van der Waals surface area contributed by atoms with Crippen LogP contribution in [0.25, 0.3) is 0 Å². The molecule has 0 aromatic rings. The average molecular weight is 113 g/mol. The standard InChI is InChI=1S/C3H2NO2.Al.2H/c5-3-1-4-2-6-3;;;/h1H2;;;. The highest BCUT2D eigenvalue weighted by Crippen LogP contribution is 1.90. The Hall–Kier alpha value is -0.328. The van der Waals surface area contributed by atoms with Crippen molar-refractivity contribution in [2.45, 2.75) is 0 Å². The molecule has 1 heterocycles. The van der Waals surface area contributed by atoms with Crippen LogP contribution in [-0.4, -0.2) is 33.6 Å². The zero-order chi connectivity index (χ0) is 5.28. The number of esters is 1. The summed E-state index contributed by atoms with van der Waals surface area (Å²) in [4.78, 5) is 13.9. The first-order chi connectivity index (χ1) is 3.29. The zero-order valence-corrected chi connectivity index (χ0v) is 5.97. The Morgan fingerprint density at radius 3 is 2.71 bits per heavy atom. The van der Waals surface area contributed by atoms with Gasteiger partial charge >= 0.3 is 22.3 Å². The Bertz CT molecular complexity index is 131. The van der Waals surface area contributed by atoms with Crippen molar-refractivity contribution in [3.05, 3.63) is 0 Å². The zero-order valence-electron chi connectivity index (χ0n) is 3.97. The summed E-state index contributed by atoms with van der Waals surface area (Å²) in [6.45, 7) is 0.235. The van der Waals surface area contributed by atoms with Crippen molar-refractivity contribution in [2.24, 2.45) is 4.99 Å². The molecule has 3 nitrogen and oxygen atoms in total. The lowest BCUT2D eigenvalue weighted by atomic mass is 10.7. The van der Waals surface area contributed by atoms with Crippen LogP contribution < -0.4 is 0 Å². The third kappa shape index (κ3) is 1.02. The van der Waals surface area contributed by atoms with E-state index in [0.717, 1.165) is 16.3 Å². The van der Waals surface area contributed by atoms with Crippen LogP contribution in [-0.2, 0) is 9.53 Å². The molecular formula is C3H4AlNO2. The predicted octanol–water partition coefficient (Wildman–Crippen LogP) is -1.47. The molecular weight excluding hydrogens is 109 g/mol. The molecule has 0 aromatic carbocycles. The van der Waals surface area contributed by atoms with Crippen LogP contribution in [0.3, 0.4) is 0 Å². The summed E-state index contributed by atoms with van der Waals surface area (Å²) in [5, 5.41) is 0. The summed E-state index contributed by atoms with van der Waals surface area (Å²) < 4.78 is 5.15. The van der Waals surface area contributed by atoms with E-state index in [1.165, 1.54) is 0 Å². The molecule has 0 unspecified atom stereocenters. The largest absolute Gasteiger partial charge is 0.432 e. The highest BCUT2D eigenvalue weighted by molar-refractivity contribution is 6.58. The summed E-state index contributed by atoms with van der Waals surface area (Å²) in [5.74, 6) is -0.218. The van der Waals surface area contributed by atoms with Gasteiger partial charge in [-0.15, -0.1) is 0 Å². The average Bonchev–Trinajstić information content (AvgIpc) is 1.87. The van der Waals surface area contributed by atoms with Gasteiger partial charge in [-0.25, -0.2) is 4.79 Å². The smallest absolute Gasteiger partial charge is 0.350 e. The second-order valence-electron chi connectivity index (χ2n) is 1.31. The molecule has 1 aliphatic heterocycles. The number of hydrogen-bond donors (Lipinski definition) is 0. The van der Waals surface area contributed by atoms with Gasteiger partial charge < -0.3 is 4.74 Å². The van der Waals surface area contributed by atoms with Gasteiger partial charge in [0.05, 0.1) is 4.76 Å². The fourth-order valence-electron chi connectivity index (χ4n) is 0.405. The number of cyclic esters (lactones) is 1. The van der Waals surface area contributed by atoms with Crippen molar-refractivity contribution >= 4 is 27.0 Å². The summed E-state index contributed by atoms with van der Waals surface area (Å²) in [5.41, 5.74) is 0. The van der Waals surface area contributed by atoms with Gasteiger partial charge in [-0.2, -0.15) is 0 Å². The van der Waals surface area contributed by atoms with E-state index in [9.17, 15) is 4.79 Å². The van der Waals surface area contributed by atoms with E-state index < -0.39 is 0 Å². The highest BCUT2D eigenvalue weighted by atomic mass is 27.0. The SMILES string of the molecule is O=C1CN=[C]([AlH2])O1. The van der Waals surface area contributed by atoms with Gasteiger partial charge in [-0.05, 0) is 0 Å². The molecule has 0 saturated carbocycles. The van der Waals surface area contributed by atoms with E-state index in [0.29, 0.717) is 4.76 Å². The van der Waals surface area contributed by atoms with Crippen LogP contribution in [0.1, 0.15) is 0 Å². The van der Waals surface area contributed by atoms with Gasteiger partial charge in [0.2, 0.25) is 0 Å². The molecule has 1 rings (SSSR count). The molecule has 0 amide bonds. The second-order valence-corrected chi connectivity index (χ2v) is 2.16. The molecule has 0 aliphatic carbocycles. The van der Waals surface area contributed by atoms with Crippen molar-refractivity contribution < 1.29 is 9.53 Å². The summed E-state index contributed by atoms with van der Waals surface area (Å²) in [6.07, 6.45) is 0. The lowest BCUT2D eigenvalue weighted by Crippen LogP contribution is -2.02. The molecule has 0 atom stereocenters. The van der Waals surface area contributed by atoms with E-state index in [1.807, 2.05) is 0 Å². The first kappa shape index (κ1) is 4.82. The quantitative estimate of drug-likeness (QED) is 0.284. The Balaban J connectivity index is 2.58. The Kier molecular flexibility index (Phi) is 1.13. The van der Waals surface area contributed by atoms with E-state index in [2.05, 4.69) is 9.73 Å². The normalized spacial score (nSPS) is 18.9. The van der Waals surface area contributed by atoms with Crippen LogP contribution in [0.15, 0.2) is 4.99 Å². The highest BCUT2D eigenvalue weighted by Gasteiger charge is 2.09. The van der Waals surface area contributed by atoms with Gasteiger partial charge in [-0.1, -0.05) is 0 Å². The van der Waals surface area contributed by atoms with Gasteiger partial charge in [0.25, 0.3) is 0 Å². The van der Waals surface area contributed by atoms with Crippen LogP contribution in [0.2, 0.25) is 0 Å². The van der Waals surface area contributed by atoms with Gasteiger partial charge in [0, 0.05) is 0 Å². The van der Waals surface area contributed by atoms with Crippen LogP contribution in [0, 0.1) is 0 Å². The van der Waals surface area contributed by atoms with Crippen molar-refractivity contribution in [3.8, 4) is 0 Å². The number of ether oxygens (including phenoxy) is 1. The number of carbonyl (C=O) groups excluding carboxylic acids is 1. The van der Waals surface area contributed by atoms with E-state index >= 15 is 0 Å². The topological polar surface area (TPSA) is 38.7 Å². The maximum absolute atomic E-state index is 10.1. The minimum atomic E-state index is -0.218. The maximum Gasteiger partial charge on any atom is 0.350 e. The Morgan fingerprint density at radius 1 is 1.86 bits per heavy atom. The van der Waals surface area contributed by atoms with Crippen LogP contribution in [0.5, 0.6) is 0 Å². The van der Waals surface area contributed by atoms with Gasteiger partial charge in [-0.3, -0.25) is 4.99 Å². The Labute approximate surface area is 48.8 Å². The molecule has 0 N–H and O–H groups in total. The third-order valence-corrected chi connectivity index (χ3v) is 1.21. The first-order valence-electron chi connectivity index (χ1n) is 2.01. The second kappa shape index (κ2) is 1.65. The van der Waals surface area contributed by atoms with Gasteiger partial charge in [0.1, 0.15) is 6.54 Å². The molecule has 7 heavy (non-hydrogen) atoms. The first-order valence-corrected chi connectivity index (χ1v) is 3.01. The maximum atomic E-state index is 10.1. The molecule has 0 radical (unpaired) electrons. The molecule has 0 aromatic heterocycles. The number of rotatable bonds is 0. The fraction of sp³-hybridized carbons (Fsp3) is 0.333. The number of carbonyl (C=O) groups is 1. The van der Waals surface area contributed by atoms with Crippen LogP contribution in [0.4, 0.5) is 0 Å². The minimum absolute atomic E-state index is 0.218.